The number of rotatable bonds is 15. The first-order valence-electron chi connectivity index (χ1n) is 14.4. The van der Waals surface area contributed by atoms with Gasteiger partial charge in [-0.25, -0.2) is 0 Å². The van der Waals surface area contributed by atoms with Crippen molar-refractivity contribution in [2.45, 2.75) is 70.8 Å². The van der Waals surface area contributed by atoms with E-state index in [4.69, 9.17) is 0 Å². The molecule has 0 fully saturated rings. The molecule has 3 rings (SSSR count). The van der Waals surface area contributed by atoms with E-state index in [0.717, 1.165) is 31.4 Å². The van der Waals surface area contributed by atoms with Crippen LogP contribution in [0.15, 0.2) is 91.0 Å². The first-order valence-corrected chi connectivity index (χ1v) is 14.4. The highest BCUT2D eigenvalue weighted by Gasteiger charge is 2.35. The van der Waals surface area contributed by atoms with Crippen LogP contribution in [0.25, 0.3) is 0 Å². The third kappa shape index (κ3) is 8.53. The van der Waals surface area contributed by atoms with Gasteiger partial charge in [0, 0.05) is 12.5 Å². The highest BCUT2D eigenvalue weighted by atomic mass is 16.2. The van der Waals surface area contributed by atoms with Crippen molar-refractivity contribution >= 4 is 5.91 Å². The van der Waals surface area contributed by atoms with E-state index in [1.165, 1.54) is 11.1 Å². The number of hydrogen-bond acceptors (Lipinski definition) is 3. The Hall–Kier alpha value is -3.42. The molecule has 0 aliphatic heterocycles. The van der Waals surface area contributed by atoms with Crippen molar-refractivity contribution in [3.63, 3.8) is 0 Å². The van der Waals surface area contributed by atoms with Crippen LogP contribution in [-0.4, -0.2) is 25.0 Å². The highest BCUT2D eigenvalue weighted by molar-refractivity contribution is 5.81. The van der Waals surface area contributed by atoms with Crippen LogP contribution in [0.1, 0.15) is 76.0 Å². The van der Waals surface area contributed by atoms with Crippen LogP contribution in [0.3, 0.4) is 0 Å². The second-order valence-electron chi connectivity index (χ2n) is 11.3. The van der Waals surface area contributed by atoms with Gasteiger partial charge in [-0.05, 0) is 60.8 Å². The summed E-state index contributed by atoms with van der Waals surface area (Å²) in [5, 5.41) is 16.9. The number of amides is 1. The van der Waals surface area contributed by atoms with Gasteiger partial charge in [0.25, 0.3) is 0 Å². The number of nitrogens with zero attached hydrogens (tertiary/aromatic N) is 1. The average molecular weight is 524 g/mol. The second kappa shape index (κ2) is 15.2. The Balaban J connectivity index is 1.58. The maximum Gasteiger partial charge on any atom is 0.237 e. The van der Waals surface area contributed by atoms with Crippen LogP contribution in [0, 0.1) is 23.2 Å². The van der Waals surface area contributed by atoms with Gasteiger partial charge in [-0.1, -0.05) is 119 Å². The topological polar surface area (TPSA) is 64.9 Å². The van der Waals surface area contributed by atoms with E-state index < -0.39 is 5.41 Å². The zero-order valence-electron chi connectivity index (χ0n) is 24.1. The molecule has 4 nitrogen and oxygen atoms in total. The monoisotopic (exact) mass is 523 g/mol. The Morgan fingerprint density at radius 1 is 0.821 bits per heavy atom. The van der Waals surface area contributed by atoms with Crippen LogP contribution in [-0.2, 0) is 10.2 Å². The molecule has 0 spiro atoms. The fourth-order valence-corrected chi connectivity index (χ4v) is 5.51. The Morgan fingerprint density at radius 3 is 1.85 bits per heavy atom. The number of carbonyl (C=O) groups excluding carboxylic acids is 1. The molecule has 206 valence electrons. The molecule has 0 unspecified atom stereocenters. The van der Waals surface area contributed by atoms with Crippen LogP contribution < -0.4 is 10.6 Å². The molecule has 2 atom stereocenters. The Labute approximate surface area is 235 Å². The summed E-state index contributed by atoms with van der Waals surface area (Å²) in [6.07, 6.45) is 3.16. The van der Waals surface area contributed by atoms with Gasteiger partial charge in [-0.15, -0.1) is 0 Å². The molecule has 0 aliphatic rings. The number of nitriles is 1. The van der Waals surface area contributed by atoms with Gasteiger partial charge in [0.05, 0.1) is 17.5 Å². The van der Waals surface area contributed by atoms with Crippen molar-refractivity contribution in [3.05, 3.63) is 108 Å². The van der Waals surface area contributed by atoms with Gasteiger partial charge in [0.2, 0.25) is 5.91 Å². The highest BCUT2D eigenvalue weighted by Crippen LogP contribution is 2.36. The van der Waals surface area contributed by atoms with Crippen LogP contribution >= 0.6 is 0 Å². The maximum atomic E-state index is 13.3. The smallest absolute Gasteiger partial charge is 0.237 e. The molecule has 0 heterocycles. The number of carbonyl (C=O) groups is 1. The summed E-state index contributed by atoms with van der Waals surface area (Å²) in [5.41, 5.74) is 3.09. The third-order valence-corrected chi connectivity index (χ3v) is 7.77. The molecular formula is C35H45N3O. The van der Waals surface area contributed by atoms with Gasteiger partial charge in [0.15, 0.2) is 0 Å². The van der Waals surface area contributed by atoms with Crippen molar-refractivity contribution in [2.75, 3.05) is 13.1 Å². The van der Waals surface area contributed by atoms with Gasteiger partial charge in [-0.2, -0.15) is 5.26 Å². The fourth-order valence-electron chi connectivity index (χ4n) is 5.51. The molecule has 0 saturated heterocycles. The van der Waals surface area contributed by atoms with Crippen LogP contribution in [0.2, 0.25) is 0 Å². The Bertz CT molecular complexity index is 1120. The molecule has 0 radical (unpaired) electrons. The molecule has 3 aromatic rings. The van der Waals surface area contributed by atoms with E-state index in [9.17, 15) is 10.1 Å². The van der Waals surface area contributed by atoms with E-state index in [1.54, 1.807) is 0 Å². The number of benzene rings is 3. The van der Waals surface area contributed by atoms with Crippen molar-refractivity contribution in [1.82, 2.24) is 10.6 Å². The molecule has 0 bridgehead atoms. The molecule has 3 aromatic carbocycles. The molecule has 0 aromatic heterocycles. The Morgan fingerprint density at radius 2 is 1.36 bits per heavy atom. The van der Waals surface area contributed by atoms with Gasteiger partial charge in [0.1, 0.15) is 0 Å². The largest absolute Gasteiger partial charge is 0.355 e. The molecule has 0 aliphatic carbocycles. The van der Waals surface area contributed by atoms with Gasteiger partial charge >= 0.3 is 0 Å². The first kappa shape index (κ1) is 30.1. The summed E-state index contributed by atoms with van der Waals surface area (Å²) < 4.78 is 0. The standard InChI is InChI=1S/C35H45N3O/c1-27(2)25-33(37-24-21-32(29-15-8-5-9-16-29)30-17-10-6-11-18-30)34(39)38-23-14-22-35(26-36,28(3)4)31-19-12-7-13-20-31/h5-13,15-20,27-28,32-33,37H,14,21-25H2,1-4H3,(H,38,39)/t33-,35-/m0/s1. The molecule has 1 amide bonds. The lowest BCUT2D eigenvalue weighted by atomic mass is 9.70. The van der Waals surface area contributed by atoms with E-state index >= 15 is 0 Å². The second-order valence-corrected chi connectivity index (χ2v) is 11.3. The fraction of sp³-hybridized carbons (Fsp3) is 0.429. The summed E-state index contributed by atoms with van der Waals surface area (Å²) in [6, 6.07) is 33.6. The van der Waals surface area contributed by atoms with E-state index in [1.807, 2.05) is 30.3 Å². The molecule has 4 heteroatoms. The summed E-state index contributed by atoms with van der Waals surface area (Å²) in [7, 11) is 0. The molecule has 2 N–H and O–H groups in total. The number of hydrogen-bond donors (Lipinski definition) is 2. The normalized spacial score (nSPS) is 13.7. The third-order valence-electron chi connectivity index (χ3n) is 7.77. The minimum Gasteiger partial charge on any atom is -0.355 e. The Kier molecular flexibility index (Phi) is 11.8. The zero-order chi connectivity index (χ0) is 28.1. The minimum atomic E-state index is -0.550. The number of nitrogens with one attached hydrogen (secondary N) is 2. The summed E-state index contributed by atoms with van der Waals surface area (Å²) in [6.45, 7) is 9.84. The van der Waals surface area contributed by atoms with E-state index in [0.29, 0.717) is 18.9 Å². The molecular weight excluding hydrogens is 478 g/mol. The molecule has 0 saturated carbocycles. The van der Waals surface area contributed by atoms with Crippen LogP contribution in [0.4, 0.5) is 0 Å². The summed E-state index contributed by atoms with van der Waals surface area (Å²) in [4.78, 5) is 13.3. The van der Waals surface area contributed by atoms with Gasteiger partial charge in [-0.3, -0.25) is 4.79 Å². The van der Waals surface area contributed by atoms with Crippen molar-refractivity contribution in [1.29, 1.82) is 5.26 Å². The van der Waals surface area contributed by atoms with Crippen LogP contribution in [0.5, 0.6) is 0 Å². The maximum absolute atomic E-state index is 13.3. The quantitative estimate of drug-likeness (QED) is 0.207. The predicted octanol–water partition coefficient (Wildman–Crippen LogP) is 7.23. The zero-order valence-corrected chi connectivity index (χ0v) is 24.1. The molecule has 39 heavy (non-hydrogen) atoms. The first-order chi connectivity index (χ1) is 18.9. The van der Waals surface area contributed by atoms with Gasteiger partial charge < -0.3 is 10.6 Å². The lowest BCUT2D eigenvalue weighted by Gasteiger charge is -2.31. The average Bonchev–Trinajstić information content (AvgIpc) is 2.96. The van der Waals surface area contributed by atoms with E-state index in [2.05, 4.69) is 105 Å². The SMILES string of the molecule is CC(C)C[C@H](NCCC(c1ccccc1)c1ccccc1)C(=O)NCCC[C@@](C#N)(c1ccccc1)C(C)C. The van der Waals surface area contributed by atoms with Crippen molar-refractivity contribution in [2.24, 2.45) is 11.8 Å². The van der Waals surface area contributed by atoms with E-state index in [-0.39, 0.29) is 23.8 Å². The summed E-state index contributed by atoms with van der Waals surface area (Å²) >= 11 is 0. The van der Waals surface area contributed by atoms with Crippen molar-refractivity contribution in [3.8, 4) is 6.07 Å². The summed E-state index contributed by atoms with van der Waals surface area (Å²) in [5.74, 6) is 0.901. The lowest BCUT2D eigenvalue weighted by Crippen LogP contribution is -2.46. The predicted molar refractivity (Wildman–Crippen MR) is 161 cm³/mol. The lowest BCUT2D eigenvalue weighted by molar-refractivity contribution is -0.123. The minimum absolute atomic E-state index is 0.0477. The van der Waals surface area contributed by atoms with Crippen molar-refractivity contribution < 1.29 is 4.79 Å².